The molecule has 5 heteroatoms. The third kappa shape index (κ3) is 2.88. The summed E-state index contributed by atoms with van der Waals surface area (Å²) in [4.78, 5) is 16.0. The van der Waals surface area contributed by atoms with Crippen molar-refractivity contribution in [2.75, 3.05) is 25.4 Å². The molecule has 4 rings (SSSR count). The molecule has 1 saturated heterocycles. The van der Waals surface area contributed by atoms with Crippen LogP contribution >= 0.6 is 0 Å². The second kappa shape index (κ2) is 6.13. The topological polar surface area (TPSA) is 67.9 Å². The van der Waals surface area contributed by atoms with Gasteiger partial charge < -0.3 is 10.6 Å². The summed E-state index contributed by atoms with van der Waals surface area (Å²) in [5.41, 5.74) is 10.8. The van der Waals surface area contributed by atoms with E-state index in [-0.39, 0.29) is 5.41 Å². The van der Waals surface area contributed by atoms with Crippen LogP contribution in [0.25, 0.3) is 0 Å². The predicted octanol–water partition coefficient (Wildman–Crippen LogP) is 2.28. The van der Waals surface area contributed by atoms with E-state index in [4.69, 9.17) is 5.73 Å². The minimum Gasteiger partial charge on any atom is -0.368 e. The molecule has 2 aliphatic rings. The van der Waals surface area contributed by atoms with Crippen LogP contribution < -0.4 is 5.73 Å². The number of nitrogens with two attached hydrogens (primary N) is 1. The van der Waals surface area contributed by atoms with Gasteiger partial charge in [-0.15, -0.1) is 0 Å². The van der Waals surface area contributed by atoms with Gasteiger partial charge in [-0.1, -0.05) is 6.07 Å². The number of aromatic nitrogens is 3. The van der Waals surface area contributed by atoms with Crippen molar-refractivity contribution in [3.63, 3.8) is 0 Å². The first-order chi connectivity index (χ1) is 11.6. The number of rotatable bonds is 3. The van der Waals surface area contributed by atoms with Gasteiger partial charge in [0.15, 0.2) is 0 Å². The fraction of sp³-hybridized carbons (Fsp3) is 0.526. The highest BCUT2D eigenvalue weighted by atomic mass is 15.1. The molecule has 1 aliphatic carbocycles. The fourth-order valence-corrected chi connectivity index (χ4v) is 4.38. The quantitative estimate of drug-likeness (QED) is 0.938. The molecule has 5 nitrogen and oxygen atoms in total. The Morgan fingerprint density at radius 3 is 3.04 bits per heavy atom. The van der Waals surface area contributed by atoms with Crippen LogP contribution in [0.5, 0.6) is 0 Å². The van der Waals surface area contributed by atoms with Gasteiger partial charge in [0.2, 0.25) is 5.95 Å². The lowest BCUT2D eigenvalue weighted by Crippen LogP contribution is -2.46. The van der Waals surface area contributed by atoms with E-state index in [1.807, 2.05) is 6.20 Å². The van der Waals surface area contributed by atoms with E-state index < -0.39 is 0 Å². The Hall–Kier alpha value is -2.01. The molecule has 126 valence electrons. The van der Waals surface area contributed by atoms with Crippen LogP contribution in [-0.2, 0) is 18.3 Å². The first kappa shape index (κ1) is 15.5. The number of piperidine rings is 1. The Labute approximate surface area is 143 Å². The van der Waals surface area contributed by atoms with Gasteiger partial charge in [-0.05, 0) is 56.8 Å². The maximum Gasteiger partial charge on any atom is 0.220 e. The van der Waals surface area contributed by atoms with Gasteiger partial charge in [-0.2, -0.15) is 0 Å². The number of nitrogens with zero attached hydrogens (tertiary/aromatic N) is 4. The zero-order valence-corrected chi connectivity index (χ0v) is 14.3. The molecule has 0 aromatic carbocycles. The highest BCUT2D eigenvalue weighted by molar-refractivity contribution is 5.37. The highest BCUT2D eigenvalue weighted by Gasteiger charge is 2.43. The average molecular weight is 323 g/mol. The minimum atomic E-state index is 0.185. The van der Waals surface area contributed by atoms with E-state index in [0.717, 1.165) is 31.6 Å². The Kier molecular flexibility index (Phi) is 3.96. The number of nitrogen functional groups attached to an aromatic ring is 1. The molecule has 3 heterocycles. The molecule has 1 fully saturated rings. The van der Waals surface area contributed by atoms with Crippen molar-refractivity contribution in [2.24, 2.45) is 0 Å². The summed E-state index contributed by atoms with van der Waals surface area (Å²) in [5, 5.41) is 0. The fourth-order valence-electron chi connectivity index (χ4n) is 4.38. The number of pyridine rings is 1. The molecule has 0 amide bonds. The lowest BCUT2D eigenvalue weighted by Gasteiger charge is -2.40. The number of fused-ring (bicyclic) bond motifs is 2. The van der Waals surface area contributed by atoms with Crippen LogP contribution in [0.2, 0.25) is 0 Å². The third-order valence-electron chi connectivity index (χ3n) is 5.54. The molecule has 1 spiro atoms. The summed E-state index contributed by atoms with van der Waals surface area (Å²) < 4.78 is 0. The molecule has 0 saturated carbocycles. The van der Waals surface area contributed by atoms with Gasteiger partial charge in [-0.3, -0.25) is 4.98 Å². The molecule has 2 aromatic rings. The summed E-state index contributed by atoms with van der Waals surface area (Å²) in [6, 6.07) is 6.28. The zero-order chi connectivity index (χ0) is 16.6. The monoisotopic (exact) mass is 323 g/mol. The maximum atomic E-state index is 5.86. The second-order valence-electron chi connectivity index (χ2n) is 7.28. The average Bonchev–Trinajstić information content (AvgIpc) is 2.91. The smallest absolute Gasteiger partial charge is 0.220 e. The third-order valence-corrected chi connectivity index (χ3v) is 5.54. The van der Waals surface area contributed by atoms with E-state index in [1.165, 1.54) is 42.8 Å². The summed E-state index contributed by atoms with van der Waals surface area (Å²) in [6.45, 7) is 5.37. The van der Waals surface area contributed by atoms with E-state index in [1.54, 1.807) is 0 Å². The Balaban J connectivity index is 1.48. The zero-order valence-electron chi connectivity index (χ0n) is 14.3. The molecule has 1 unspecified atom stereocenters. The highest BCUT2D eigenvalue weighted by Crippen LogP contribution is 2.43. The number of hydrogen-bond donors (Lipinski definition) is 1. The first-order valence-electron chi connectivity index (χ1n) is 8.91. The maximum absolute atomic E-state index is 5.86. The number of aryl methyl sites for hydroxylation is 2. The standard InChI is InChI=1S/C19H25N5/c1-14-4-2-5-16(22-14)7-11-24-10-3-8-19(13-24)9-6-15-12-21-18(20)23-17(15)19/h2,4-5,12H,3,6-11,13H2,1H3,(H2,20,21,23). The van der Waals surface area contributed by atoms with Crippen molar-refractivity contribution in [2.45, 2.75) is 44.4 Å². The Bertz CT molecular complexity index is 740. The van der Waals surface area contributed by atoms with E-state index in [2.05, 4.69) is 45.0 Å². The van der Waals surface area contributed by atoms with Crippen molar-refractivity contribution in [3.05, 3.63) is 47.0 Å². The van der Waals surface area contributed by atoms with Crippen LogP contribution in [0.1, 0.15) is 41.9 Å². The SMILES string of the molecule is Cc1cccc(CCN2CCCC3(CCc4cnc(N)nc43)C2)n1. The van der Waals surface area contributed by atoms with Crippen LogP contribution in [0, 0.1) is 6.92 Å². The van der Waals surface area contributed by atoms with E-state index in [0.29, 0.717) is 5.95 Å². The predicted molar refractivity (Wildman–Crippen MR) is 94.8 cm³/mol. The molecule has 1 aliphatic heterocycles. The van der Waals surface area contributed by atoms with Gasteiger partial charge in [0.1, 0.15) is 0 Å². The lowest BCUT2D eigenvalue weighted by atomic mass is 9.77. The van der Waals surface area contributed by atoms with Crippen LogP contribution in [0.4, 0.5) is 5.95 Å². The van der Waals surface area contributed by atoms with Crippen molar-refractivity contribution < 1.29 is 0 Å². The van der Waals surface area contributed by atoms with E-state index in [9.17, 15) is 0 Å². The molecule has 24 heavy (non-hydrogen) atoms. The second-order valence-corrected chi connectivity index (χ2v) is 7.28. The van der Waals surface area contributed by atoms with Crippen molar-refractivity contribution in [1.82, 2.24) is 19.9 Å². The summed E-state index contributed by atoms with van der Waals surface area (Å²) in [7, 11) is 0. The van der Waals surface area contributed by atoms with Gasteiger partial charge in [-0.25, -0.2) is 9.97 Å². The number of likely N-dealkylation sites (tertiary alicyclic amines) is 1. The summed E-state index contributed by atoms with van der Waals surface area (Å²) in [6.07, 6.45) is 7.65. The Morgan fingerprint density at radius 1 is 1.25 bits per heavy atom. The molecule has 0 bridgehead atoms. The molecule has 2 aromatic heterocycles. The van der Waals surface area contributed by atoms with Crippen LogP contribution in [0.3, 0.4) is 0 Å². The first-order valence-corrected chi connectivity index (χ1v) is 8.91. The Morgan fingerprint density at radius 2 is 2.17 bits per heavy atom. The van der Waals surface area contributed by atoms with Gasteiger partial charge in [0, 0.05) is 42.5 Å². The van der Waals surface area contributed by atoms with Gasteiger partial charge in [0.25, 0.3) is 0 Å². The number of hydrogen-bond acceptors (Lipinski definition) is 5. The van der Waals surface area contributed by atoms with Crippen molar-refractivity contribution >= 4 is 5.95 Å². The summed E-state index contributed by atoms with van der Waals surface area (Å²) in [5.74, 6) is 0.413. The minimum absolute atomic E-state index is 0.185. The molecular formula is C19H25N5. The molecular weight excluding hydrogens is 298 g/mol. The van der Waals surface area contributed by atoms with Crippen LogP contribution in [-0.4, -0.2) is 39.5 Å². The van der Waals surface area contributed by atoms with Crippen LogP contribution in [0.15, 0.2) is 24.4 Å². The van der Waals surface area contributed by atoms with E-state index >= 15 is 0 Å². The normalized spacial score (nSPS) is 23.5. The largest absolute Gasteiger partial charge is 0.368 e. The summed E-state index contributed by atoms with van der Waals surface area (Å²) >= 11 is 0. The lowest BCUT2D eigenvalue weighted by molar-refractivity contribution is 0.144. The number of anilines is 1. The molecule has 0 radical (unpaired) electrons. The molecule has 2 N–H and O–H groups in total. The van der Waals surface area contributed by atoms with Gasteiger partial charge >= 0.3 is 0 Å². The van der Waals surface area contributed by atoms with Crippen molar-refractivity contribution in [1.29, 1.82) is 0 Å². The van der Waals surface area contributed by atoms with Gasteiger partial charge in [0.05, 0.1) is 5.69 Å². The molecule has 1 atom stereocenters. The van der Waals surface area contributed by atoms with Crippen molar-refractivity contribution in [3.8, 4) is 0 Å².